The molecule has 0 amide bonds. The quantitative estimate of drug-likeness (QED) is 0.295. The van der Waals surface area contributed by atoms with Crippen molar-refractivity contribution < 1.29 is 9.95 Å². The van der Waals surface area contributed by atoms with Gasteiger partial charge in [0, 0.05) is 32.9 Å². The molecule has 0 saturated carbocycles. The molecule has 0 bridgehead atoms. The Hall–Kier alpha value is -2.23. The second-order valence-electron chi connectivity index (χ2n) is 5.94. The first-order valence-electron chi connectivity index (χ1n) is 6.88. The van der Waals surface area contributed by atoms with Crippen LogP contribution in [0.1, 0.15) is 31.9 Å². The standard InChI is InChI=1S/C18H23N2O/c1-6-11-19(12-7-2)14-16-9-8-10-17(13-16)15-20(21)18(3,4)5/h1-2,8-10,13,15,21H,11-12,14H2,3-5H3/q+1/b20-15-. The lowest BCUT2D eigenvalue weighted by Gasteiger charge is -2.16. The van der Waals surface area contributed by atoms with Crippen LogP contribution in [0, 0.1) is 24.7 Å². The van der Waals surface area contributed by atoms with E-state index in [-0.39, 0.29) is 5.54 Å². The fourth-order valence-electron chi connectivity index (χ4n) is 1.79. The summed E-state index contributed by atoms with van der Waals surface area (Å²) in [6, 6.07) is 7.96. The molecule has 3 heteroatoms. The minimum atomic E-state index is -0.338. The van der Waals surface area contributed by atoms with Gasteiger partial charge in [0.15, 0.2) is 0 Å². The van der Waals surface area contributed by atoms with Gasteiger partial charge in [-0.15, -0.1) is 12.8 Å². The summed E-state index contributed by atoms with van der Waals surface area (Å²) in [6.45, 7) is 7.55. The summed E-state index contributed by atoms with van der Waals surface area (Å²) in [7, 11) is 0. The van der Waals surface area contributed by atoms with E-state index in [1.807, 2.05) is 49.9 Å². The lowest BCUT2D eigenvalue weighted by atomic mass is 10.1. The number of terminal acetylenes is 2. The van der Waals surface area contributed by atoms with E-state index in [0.29, 0.717) is 19.6 Å². The molecular formula is C18H23N2O+. The number of hydrogen-bond acceptors (Lipinski definition) is 2. The van der Waals surface area contributed by atoms with Crippen molar-refractivity contribution in [3.8, 4) is 24.7 Å². The third-order valence-electron chi connectivity index (χ3n) is 2.95. The van der Waals surface area contributed by atoms with Crippen molar-refractivity contribution in [2.45, 2.75) is 32.9 Å². The van der Waals surface area contributed by atoms with E-state index in [9.17, 15) is 5.21 Å². The van der Waals surface area contributed by atoms with E-state index < -0.39 is 0 Å². The number of hydrogen-bond donors (Lipinski definition) is 1. The molecule has 0 fully saturated rings. The molecule has 0 aliphatic rings. The Kier molecular flexibility index (Phi) is 6.03. The molecule has 0 atom stereocenters. The van der Waals surface area contributed by atoms with Gasteiger partial charge in [-0.1, -0.05) is 24.0 Å². The van der Waals surface area contributed by atoms with Crippen LogP contribution in [0.25, 0.3) is 0 Å². The average molecular weight is 283 g/mol. The van der Waals surface area contributed by atoms with Crippen LogP contribution in [-0.2, 0) is 6.54 Å². The summed E-state index contributed by atoms with van der Waals surface area (Å²) < 4.78 is 1.22. The Morgan fingerprint density at radius 2 is 1.86 bits per heavy atom. The maximum atomic E-state index is 9.99. The van der Waals surface area contributed by atoms with Gasteiger partial charge in [-0.05, 0) is 22.4 Å². The van der Waals surface area contributed by atoms with E-state index in [1.165, 1.54) is 4.74 Å². The number of hydroxylamine groups is 1. The first-order chi connectivity index (χ1) is 9.86. The van der Waals surface area contributed by atoms with Crippen molar-refractivity contribution in [1.29, 1.82) is 0 Å². The summed E-state index contributed by atoms with van der Waals surface area (Å²) in [5.41, 5.74) is 1.71. The molecule has 0 radical (unpaired) electrons. The highest BCUT2D eigenvalue weighted by atomic mass is 16.5. The Balaban J connectivity index is 2.91. The maximum absolute atomic E-state index is 9.99. The SMILES string of the molecule is C#CCN(CC#C)Cc1cccc(/C=[N+](\O)C(C)(C)C)c1. The van der Waals surface area contributed by atoms with Crippen LogP contribution < -0.4 is 0 Å². The second-order valence-corrected chi connectivity index (χ2v) is 5.94. The van der Waals surface area contributed by atoms with Crippen LogP contribution in [0.5, 0.6) is 0 Å². The molecule has 110 valence electrons. The van der Waals surface area contributed by atoms with Crippen LogP contribution in [0.3, 0.4) is 0 Å². The van der Waals surface area contributed by atoms with E-state index >= 15 is 0 Å². The maximum Gasteiger partial charge on any atom is 0.223 e. The molecule has 1 N–H and O–H groups in total. The zero-order chi connectivity index (χ0) is 15.9. The van der Waals surface area contributed by atoms with Crippen LogP contribution in [0.4, 0.5) is 0 Å². The zero-order valence-electron chi connectivity index (χ0n) is 13.0. The largest absolute Gasteiger partial charge is 0.290 e. The fraction of sp³-hybridized carbons (Fsp3) is 0.389. The molecule has 0 unspecified atom stereocenters. The Labute approximate surface area is 127 Å². The summed E-state index contributed by atoms with van der Waals surface area (Å²) in [6.07, 6.45) is 12.4. The van der Waals surface area contributed by atoms with Crippen molar-refractivity contribution in [2.24, 2.45) is 0 Å². The minimum Gasteiger partial charge on any atom is -0.290 e. The van der Waals surface area contributed by atoms with Crippen molar-refractivity contribution in [3.63, 3.8) is 0 Å². The summed E-state index contributed by atoms with van der Waals surface area (Å²) >= 11 is 0. The van der Waals surface area contributed by atoms with E-state index in [2.05, 4.69) is 11.8 Å². The highest BCUT2D eigenvalue weighted by molar-refractivity contribution is 5.75. The number of benzene rings is 1. The first-order valence-corrected chi connectivity index (χ1v) is 6.88. The van der Waals surface area contributed by atoms with Crippen LogP contribution in [0.15, 0.2) is 24.3 Å². The average Bonchev–Trinajstić information content (AvgIpc) is 2.38. The number of nitrogens with zero attached hydrogens (tertiary/aromatic N) is 2. The van der Waals surface area contributed by atoms with Gasteiger partial charge in [0.2, 0.25) is 11.8 Å². The molecule has 21 heavy (non-hydrogen) atoms. The van der Waals surface area contributed by atoms with E-state index in [4.69, 9.17) is 12.8 Å². The molecule has 0 aliphatic heterocycles. The summed E-state index contributed by atoms with van der Waals surface area (Å²) in [5, 5.41) is 9.99. The lowest BCUT2D eigenvalue weighted by molar-refractivity contribution is -0.816. The van der Waals surface area contributed by atoms with E-state index in [1.54, 1.807) is 6.21 Å². The monoisotopic (exact) mass is 283 g/mol. The number of rotatable bonds is 5. The molecule has 1 aromatic rings. The van der Waals surface area contributed by atoms with Crippen molar-refractivity contribution in [3.05, 3.63) is 35.4 Å². The topological polar surface area (TPSA) is 26.5 Å². The van der Waals surface area contributed by atoms with Gasteiger partial charge in [-0.3, -0.25) is 10.1 Å². The fourth-order valence-corrected chi connectivity index (χ4v) is 1.79. The van der Waals surface area contributed by atoms with Gasteiger partial charge in [0.1, 0.15) is 0 Å². The lowest BCUT2D eigenvalue weighted by Crippen LogP contribution is -2.31. The molecular weight excluding hydrogens is 260 g/mol. The van der Waals surface area contributed by atoms with Gasteiger partial charge in [0.25, 0.3) is 0 Å². The molecule has 1 rings (SSSR count). The third kappa shape index (κ3) is 5.73. The normalized spacial score (nSPS) is 12.0. The Morgan fingerprint density at radius 1 is 1.24 bits per heavy atom. The van der Waals surface area contributed by atoms with Crippen molar-refractivity contribution >= 4 is 6.21 Å². The smallest absolute Gasteiger partial charge is 0.223 e. The molecule has 0 spiro atoms. The van der Waals surface area contributed by atoms with Gasteiger partial charge in [-0.2, -0.15) is 0 Å². The second kappa shape index (κ2) is 7.53. The molecule has 0 aromatic heterocycles. The van der Waals surface area contributed by atoms with Crippen molar-refractivity contribution in [1.82, 2.24) is 4.90 Å². The van der Waals surface area contributed by atoms with Gasteiger partial charge < -0.3 is 0 Å². The molecule has 0 saturated heterocycles. The van der Waals surface area contributed by atoms with E-state index in [0.717, 1.165) is 11.1 Å². The first kappa shape index (κ1) is 16.8. The Bertz CT molecular complexity index is 566. The predicted molar refractivity (Wildman–Crippen MR) is 86.4 cm³/mol. The molecule has 0 aliphatic carbocycles. The van der Waals surface area contributed by atoms with Gasteiger partial charge >= 0.3 is 0 Å². The van der Waals surface area contributed by atoms with Crippen LogP contribution in [-0.4, -0.2) is 39.7 Å². The highest BCUT2D eigenvalue weighted by Gasteiger charge is 2.24. The van der Waals surface area contributed by atoms with Gasteiger partial charge in [0.05, 0.1) is 13.1 Å². The Morgan fingerprint density at radius 3 is 2.38 bits per heavy atom. The minimum absolute atomic E-state index is 0.338. The molecule has 0 heterocycles. The predicted octanol–water partition coefficient (Wildman–Crippen LogP) is 2.37. The van der Waals surface area contributed by atoms with Crippen molar-refractivity contribution in [2.75, 3.05) is 13.1 Å². The molecule has 3 nitrogen and oxygen atoms in total. The highest BCUT2D eigenvalue weighted by Crippen LogP contribution is 2.09. The van der Waals surface area contributed by atoms with Crippen LogP contribution >= 0.6 is 0 Å². The summed E-state index contributed by atoms with van der Waals surface area (Å²) in [5.74, 6) is 5.23. The van der Waals surface area contributed by atoms with Gasteiger partial charge in [-0.25, -0.2) is 0 Å². The zero-order valence-corrected chi connectivity index (χ0v) is 13.0. The van der Waals surface area contributed by atoms with Crippen LogP contribution in [0.2, 0.25) is 0 Å². The third-order valence-corrected chi connectivity index (χ3v) is 2.95. The molecule has 1 aromatic carbocycles. The summed E-state index contributed by atoms with van der Waals surface area (Å²) in [4.78, 5) is 2.01.